The lowest BCUT2D eigenvalue weighted by atomic mass is 10.1. The monoisotopic (exact) mass is 261 g/mol. The molecule has 0 N–H and O–H groups in total. The van der Waals surface area contributed by atoms with Gasteiger partial charge in [0.1, 0.15) is 0 Å². The molecule has 0 aliphatic rings. The van der Waals surface area contributed by atoms with E-state index in [-0.39, 0.29) is 0 Å². The zero-order valence-corrected chi connectivity index (χ0v) is 12.2. The number of hydrogen-bond acceptors (Lipinski definition) is 3. The Morgan fingerprint density at radius 3 is 2.67 bits per heavy atom. The Kier molecular flexibility index (Phi) is 4.07. The van der Waals surface area contributed by atoms with Crippen molar-refractivity contribution in [1.29, 1.82) is 0 Å². The molecule has 96 valence electrons. The number of aryl methyl sites for hydroxylation is 1. The van der Waals surface area contributed by atoms with Crippen molar-refractivity contribution in [3.8, 4) is 11.4 Å². The first-order valence-electron chi connectivity index (χ1n) is 6.25. The topological polar surface area (TPSA) is 30.7 Å². The fourth-order valence-electron chi connectivity index (χ4n) is 1.74. The van der Waals surface area contributed by atoms with Crippen LogP contribution in [0.15, 0.2) is 29.4 Å². The van der Waals surface area contributed by atoms with Crippen molar-refractivity contribution in [2.24, 2.45) is 7.05 Å². The van der Waals surface area contributed by atoms with E-state index in [9.17, 15) is 0 Å². The zero-order valence-electron chi connectivity index (χ0n) is 11.3. The number of thioether (sulfide) groups is 1. The Bertz CT molecular complexity index is 534. The highest BCUT2D eigenvalue weighted by molar-refractivity contribution is 7.99. The maximum atomic E-state index is 4.33. The molecule has 1 aromatic heterocycles. The van der Waals surface area contributed by atoms with E-state index in [0.717, 1.165) is 23.0 Å². The standard InChI is InChI=1S/C14H19N3S/c1-5-11(3)18-14-16-15-13(17(14)4)12-9-7-6-8-10(12)2/h6-9,11H,5H2,1-4H3. The lowest BCUT2D eigenvalue weighted by Gasteiger charge is -2.08. The highest BCUT2D eigenvalue weighted by Crippen LogP contribution is 2.27. The molecule has 0 saturated carbocycles. The molecule has 0 aliphatic heterocycles. The van der Waals surface area contributed by atoms with Crippen LogP contribution in [0.2, 0.25) is 0 Å². The molecule has 2 rings (SSSR count). The average Bonchev–Trinajstić information content (AvgIpc) is 2.72. The van der Waals surface area contributed by atoms with Crippen molar-refractivity contribution in [1.82, 2.24) is 14.8 Å². The van der Waals surface area contributed by atoms with Gasteiger partial charge in [0.15, 0.2) is 11.0 Å². The van der Waals surface area contributed by atoms with Crippen molar-refractivity contribution in [3.63, 3.8) is 0 Å². The zero-order chi connectivity index (χ0) is 13.1. The Morgan fingerprint density at radius 2 is 2.00 bits per heavy atom. The van der Waals surface area contributed by atoms with Gasteiger partial charge >= 0.3 is 0 Å². The van der Waals surface area contributed by atoms with Crippen LogP contribution in [-0.2, 0) is 7.05 Å². The van der Waals surface area contributed by atoms with Crippen LogP contribution in [-0.4, -0.2) is 20.0 Å². The number of nitrogens with zero attached hydrogens (tertiary/aromatic N) is 3. The van der Waals surface area contributed by atoms with Gasteiger partial charge in [-0.25, -0.2) is 0 Å². The van der Waals surface area contributed by atoms with Gasteiger partial charge in [0, 0.05) is 17.9 Å². The van der Waals surface area contributed by atoms with Crippen LogP contribution < -0.4 is 0 Å². The third kappa shape index (κ3) is 2.58. The van der Waals surface area contributed by atoms with Crippen LogP contribution in [0.4, 0.5) is 0 Å². The van der Waals surface area contributed by atoms with Crippen LogP contribution >= 0.6 is 11.8 Å². The Morgan fingerprint density at radius 1 is 1.28 bits per heavy atom. The largest absolute Gasteiger partial charge is 0.305 e. The second-order valence-electron chi connectivity index (χ2n) is 4.52. The van der Waals surface area contributed by atoms with Gasteiger partial charge in [0.2, 0.25) is 0 Å². The fourth-order valence-corrected chi connectivity index (χ4v) is 2.60. The van der Waals surface area contributed by atoms with Gasteiger partial charge in [-0.1, -0.05) is 49.9 Å². The Balaban J connectivity index is 2.34. The van der Waals surface area contributed by atoms with E-state index in [2.05, 4.69) is 47.7 Å². The van der Waals surface area contributed by atoms with E-state index in [1.807, 2.05) is 19.2 Å². The molecule has 0 aliphatic carbocycles. The third-order valence-electron chi connectivity index (χ3n) is 3.10. The summed E-state index contributed by atoms with van der Waals surface area (Å²) in [5.41, 5.74) is 2.39. The van der Waals surface area contributed by atoms with Crippen molar-refractivity contribution in [2.45, 2.75) is 37.6 Å². The summed E-state index contributed by atoms with van der Waals surface area (Å²) < 4.78 is 2.08. The van der Waals surface area contributed by atoms with Crippen molar-refractivity contribution in [3.05, 3.63) is 29.8 Å². The molecule has 2 aromatic rings. The van der Waals surface area contributed by atoms with E-state index < -0.39 is 0 Å². The number of rotatable bonds is 4. The highest BCUT2D eigenvalue weighted by Gasteiger charge is 2.14. The summed E-state index contributed by atoms with van der Waals surface area (Å²) in [7, 11) is 2.03. The smallest absolute Gasteiger partial charge is 0.191 e. The van der Waals surface area contributed by atoms with Gasteiger partial charge < -0.3 is 4.57 Å². The molecule has 0 saturated heterocycles. The molecule has 18 heavy (non-hydrogen) atoms. The first-order chi connectivity index (χ1) is 8.63. The molecule has 0 radical (unpaired) electrons. The number of aromatic nitrogens is 3. The lowest BCUT2D eigenvalue weighted by Crippen LogP contribution is -1.99. The molecule has 1 unspecified atom stereocenters. The number of benzene rings is 1. The molecule has 0 spiro atoms. The predicted octanol–water partition coefficient (Wildman–Crippen LogP) is 3.68. The van der Waals surface area contributed by atoms with E-state index in [1.54, 1.807) is 11.8 Å². The Hall–Kier alpha value is -1.29. The SMILES string of the molecule is CCC(C)Sc1nnc(-c2ccccc2C)n1C. The second kappa shape index (κ2) is 5.57. The first-order valence-corrected chi connectivity index (χ1v) is 7.13. The fraction of sp³-hybridized carbons (Fsp3) is 0.429. The molecular formula is C14H19N3S. The van der Waals surface area contributed by atoms with Gasteiger partial charge in [-0.05, 0) is 18.9 Å². The summed E-state index contributed by atoms with van der Waals surface area (Å²) in [5.74, 6) is 0.943. The highest BCUT2D eigenvalue weighted by atomic mass is 32.2. The molecule has 1 aromatic carbocycles. The first kappa shape index (κ1) is 13.1. The van der Waals surface area contributed by atoms with Crippen molar-refractivity contribution in [2.75, 3.05) is 0 Å². The van der Waals surface area contributed by atoms with E-state index in [1.165, 1.54) is 5.56 Å². The minimum atomic E-state index is 0.567. The summed E-state index contributed by atoms with van der Waals surface area (Å²) in [5, 5.41) is 10.2. The minimum absolute atomic E-state index is 0.567. The minimum Gasteiger partial charge on any atom is -0.305 e. The van der Waals surface area contributed by atoms with Crippen LogP contribution in [0.25, 0.3) is 11.4 Å². The van der Waals surface area contributed by atoms with Crippen LogP contribution in [0.3, 0.4) is 0 Å². The molecule has 4 heteroatoms. The summed E-state index contributed by atoms with van der Waals surface area (Å²) in [6.45, 7) is 6.51. The Labute approximate surface area is 113 Å². The maximum Gasteiger partial charge on any atom is 0.191 e. The summed E-state index contributed by atoms with van der Waals surface area (Å²) in [4.78, 5) is 0. The van der Waals surface area contributed by atoms with Crippen molar-refractivity contribution < 1.29 is 0 Å². The van der Waals surface area contributed by atoms with Crippen LogP contribution in [0.5, 0.6) is 0 Å². The van der Waals surface area contributed by atoms with Gasteiger partial charge in [-0.2, -0.15) is 0 Å². The normalized spacial score (nSPS) is 12.7. The second-order valence-corrected chi connectivity index (χ2v) is 5.92. The summed E-state index contributed by atoms with van der Waals surface area (Å²) in [6, 6.07) is 8.28. The molecule has 0 fully saturated rings. The molecule has 0 amide bonds. The van der Waals surface area contributed by atoms with E-state index in [0.29, 0.717) is 5.25 Å². The summed E-state index contributed by atoms with van der Waals surface area (Å²) >= 11 is 1.78. The molecule has 3 nitrogen and oxygen atoms in total. The maximum absolute atomic E-state index is 4.33. The van der Waals surface area contributed by atoms with Gasteiger partial charge in [-0.15, -0.1) is 10.2 Å². The van der Waals surface area contributed by atoms with Crippen LogP contribution in [0, 0.1) is 6.92 Å². The van der Waals surface area contributed by atoms with Gasteiger partial charge in [0.25, 0.3) is 0 Å². The van der Waals surface area contributed by atoms with E-state index >= 15 is 0 Å². The average molecular weight is 261 g/mol. The third-order valence-corrected chi connectivity index (χ3v) is 4.40. The van der Waals surface area contributed by atoms with Gasteiger partial charge in [0.05, 0.1) is 0 Å². The van der Waals surface area contributed by atoms with Gasteiger partial charge in [-0.3, -0.25) is 0 Å². The molecule has 0 bridgehead atoms. The van der Waals surface area contributed by atoms with Crippen LogP contribution in [0.1, 0.15) is 25.8 Å². The predicted molar refractivity (Wildman–Crippen MR) is 76.8 cm³/mol. The lowest BCUT2D eigenvalue weighted by molar-refractivity contribution is 0.783. The molecule has 1 atom stereocenters. The van der Waals surface area contributed by atoms with E-state index in [4.69, 9.17) is 0 Å². The quantitative estimate of drug-likeness (QED) is 0.787. The van der Waals surface area contributed by atoms with Crippen molar-refractivity contribution >= 4 is 11.8 Å². The molecule has 1 heterocycles. The number of hydrogen-bond donors (Lipinski definition) is 0. The molecular weight excluding hydrogens is 242 g/mol. The summed E-state index contributed by atoms with van der Waals surface area (Å²) in [6.07, 6.45) is 1.14.